The van der Waals surface area contributed by atoms with Gasteiger partial charge in [-0.05, 0) is 5.82 Å². The minimum absolute atomic E-state index is 0.253. The van der Waals surface area contributed by atoms with Crippen molar-refractivity contribution in [3.63, 3.8) is 0 Å². The quantitative estimate of drug-likeness (QED) is 0.394. The molecule has 1 atom stereocenters. The van der Waals surface area contributed by atoms with E-state index in [9.17, 15) is 0 Å². The molecule has 1 unspecified atom stereocenters. The molecule has 0 rings (SSSR count). The monoisotopic (exact) mass is 88.0 g/mol. The first-order valence-corrected chi connectivity index (χ1v) is 2.17. The van der Waals surface area contributed by atoms with Crippen LogP contribution in [0.4, 0.5) is 0 Å². The van der Waals surface area contributed by atoms with Crippen LogP contribution < -0.4 is 0 Å². The maximum absolute atomic E-state index is 6.17. The number of hydrogen-bond acceptors (Lipinski definition) is 2. The average molecular weight is 88.0 g/mol. The summed E-state index contributed by atoms with van der Waals surface area (Å²) in [6.07, 6.45) is 0. The summed E-state index contributed by atoms with van der Waals surface area (Å²) < 4.78 is 0. The Kier molecular flexibility index (Phi) is 3.60. The van der Waals surface area contributed by atoms with Crippen molar-refractivity contribution in [2.24, 2.45) is 4.88 Å². The van der Waals surface area contributed by atoms with Gasteiger partial charge in [0, 0.05) is 8.73 Å². The van der Waals surface area contributed by atoms with Crippen LogP contribution in [0.3, 0.4) is 0 Å². The van der Waals surface area contributed by atoms with Crippen molar-refractivity contribution in [1.82, 2.24) is 0 Å². The van der Waals surface area contributed by atoms with E-state index < -0.39 is 0 Å². The van der Waals surface area contributed by atoms with Gasteiger partial charge in [-0.15, -0.1) is 0 Å². The van der Waals surface area contributed by atoms with E-state index >= 15 is 0 Å². The van der Waals surface area contributed by atoms with Crippen molar-refractivity contribution < 1.29 is 0 Å². The standard InChI is InChI=1S/C2H5N2P/c1-2-5-4-3/h2-3,5H,1H2. The lowest BCUT2D eigenvalue weighted by Crippen LogP contribution is -1.19. The first-order valence-electron chi connectivity index (χ1n) is 1.14. The van der Waals surface area contributed by atoms with Gasteiger partial charge in [-0.2, -0.15) is 4.88 Å². The molecule has 0 fully saturated rings. The fraction of sp³-hybridized carbons (Fsp3) is 0. The highest BCUT2D eigenvalue weighted by atomic mass is 31.1. The molecule has 0 saturated carbocycles. The van der Waals surface area contributed by atoms with Crippen molar-refractivity contribution in [1.29, 1.82) is 5.53 Å². The van der Waals surface area contributed by atoms with Crippen LogP contribution in [0.5, 0.6) is 0 Å². The molecular weight excluding hydrogens is 83.0 g/mol. The number of rotatable bonds is 2. The molecule has 0 aliphatic heterocycles. The smallest absolute Gasteiger partial charge is 0.0485 e. The second kappa shape index (κ2) is 3.77. The molecule has 0 radical (unpaired) electrons. The SMILES string of the molecule is C=CPN=N. The van der Waals surface area contributed by atoms with Crippen LogP contribution in [0.2, 0.25) is 0 Å². The fourth-order valence-electron chi connectivity index (χ4n) is 0.0456. The second-order valence-electron chi connectivity index (χ2n) is 0.445. The minimum Gasteiger partial charge on any atom is -0.206 e. The Morgan fingerprint density at radius 2 is 2.60 bits per heavy atom. The first-order chi connectivity index (χ1) is 2.41. The lowest BCUT2D eigenvalue weighted by atomic mass is 11.3. The molecule has 0 aliphatic carbocycles. The lowest BCUT2D eigenvalue weighted by molar-refractivity contribution is 1.25. The zero-order valence-corrected chi connectivity index (χ0v) is 3.73. The second-order valence-corrected chi connectivity index (χ2v) is 1.34. The summed E-state index contributed by atoms with van der Waals surface area (Å²) in [7, 11) is 0.253. The zero-order chi connectivity index (χ0) is 4.12. The summed E-state index contributed by atoms with van der Waals surface area (Å²) in [5.41, 5.74) is 6.17. The molecule has 2 nitrogen and oxygen atoms in total. The number of nitrogens with one attached hydrogen (secondary N) is 1. The third kappa shape index (κ3) is 3.77. The first kappa shape index (κ1) is 4.77. The average Bonchev–Trinajstić information content (AvgIpc) is 1.41. The van der Waals surface area contributed by atoms with Gasteiger partial charge in [0.25, 0.3) is 0 Å². The van der Waals surface area contributed by atoms with Crippen molar-refractivity contribution in [2.75, 3.05) is 0 Å². The third-order valence-corrected chi connectivity index (χ3v) is 0.468. The van der Waals surface area contributed by atoms with Crippen LogP contribution in [-0.2, 0) is 0 Å². The highest BCUT2D eigenvalue weighted by molar-refractivity contribution is 7.39. The van der Waals surface area contributed by atoms with Gasteiger partial charge in [0.05, 0.1) is 0 Å². The number of hydrogen-bond donors (Lipinski definition) is 1. The van der Waals surface area contributed by atoms with E-state index in [2.05, 4.69) is 11.5 Å². The Hall–Kier alpha value is -0.230. The summed E-state index contributed by atoms with van der Waals surface area (Å²) in [6, 6.07) is 0. The Morgan fingerprint density at radius 3 is 2.60 bits per heavy atom. The van der Waals surface area contributed by atoms with Gasteiger partial charge in [0.1, 0.15) is 0 Å². The molecule has 1 N–H and O–H groups in total. The Morgan fingerprint density at radius 1 is 2.00 bits per heavy atom. The Labute approximate surface area is 32.6 Å². The van der Waals surface area contributed by atoms with E-state index in [4.69, 9.17) is 5.53 Å². The minimum atomic E-state index is 0.253. The van der Waals surface area contributed by atoms with Crippen molar-refractivity contribution in [2.45, 2.75) is 0 Å². The van der Waals surface area contributed by atoms with E-state index in [1.165, 1.54) is 0 Å². The number of nitrogens with zero attached hydrogens (tertiary/aromatic N) is 1. The normalized spacial score (nSPS) is 8.80. The van der Waals surface area contributed by atoms with Gasteiger partial charge in [-0.25, -0.2) is 5.53 Å². The zero-order valence-electron chi connectivity index (χ0n) is 2.73. The molecule has 0 aromatic rings. The molecule has 5 heavy (non-hydrogen) atoms. The molecule has 0 amide bonds. The van der Waals surface area contributed by atoms with Gasteiger partial charge in [0.15, 0.2) is 0 Å². The van der Waals surface area contributed by atoms with Crippen molar-refractivity contribution in [3.05, 3.63) is 12.4 Å². The third-order valence-electron chi connectivity index (χ3n) is 0.156. The Balaban J connectivity index is 2.65. The molecule has 0 heterocycles. The predicted octanol–water partition coefficient (Wildman–Crippen LogP) is 1.75. The molecular formula is C2H5N2P. The molecule has 0 saturated heterocycles. The van der Waals surface area contributed by atoms with Crippen LogP contribution in [0.1, 0.15) is 0 Å². The van der Waals surface area contributed by atoms with Gasteiger partial charge < -0.3 is 0 Å². The van der Waals surface area contributed by atoms with Gasteiger partial charge in [-0.1, -0.05) is 6.58 Å². The predicted molar refractivity (Wildman–Crippen MR) is 23.7 cm³/mol. The summed E-state index contributed by atoms with van der Waals surface area (Å²) in [4.78, 5) is 3.01. The highest BCUT2D eigenvalue weighted by Gasteiger charge is 1.54. The van der Waals surface area contributed by atoms with Gasteiger partial charge >= 0.3 is 0 Å². The van der Waals surface area contributed by atoms with Gasteiger partial charge in [-0.3, -0.25) is 0 Å². The fourth-order valence-corrected chi connectivity index (χ4v) is 0.137. The Bertz CT molecular complexity index is 36.9. The molecule has 0 bridgehead atoms. The van der Waals surface area contributed by atoms with E-state index in [0.717, 1.165) is 0 Å². The molecule has 0 spiro atoms. The summed E-state index contributed by atoms with van der Waals surface area (Å²) in [5, 5.41) is 0. The van der Waals surface area contributed by atoms with Gasteiger partial charge in [0.2, 0.25) is 0 Å². The molecule has 3 heteroatoms. The van der Waals surface area contributed by atoms with E-state index in [0.29, 0.717) is 0 Å². The van der Waals surface area contributed by atoms with Crippen LogP contribution in [0.25, 0.3) is 0 Å². The summed E-state index contributed by atoms with van der Waals surface area (Å²) in [5.74, 6) is 1.60. The molecule has 0 aromatic carbocycles. The molecule has 0 aliphatic rings. The topological polar surface area (TPSA) is 36.2 Å². The van der Waals surface area contributed by atoms with E-state index in [-0.39, 0.29) is 8.73 Å². The lowest BCUT2D eigenvalue weighted by Gasteiger charge is -1.64. The van der Waals surface area contributed by atoms with Crippen LogP contribution in [-0.4, -0.2) is 0 Å². The molecule has 0 aromatic heterocycles. The summed E-state index contributed by atoms with van der Waals surface area (Å²) >= 11 is 0. The largest absolute Gasteiger partial charge is 0.206 e. The van der Waals surface area contributed by atoms with E-state index in [1.807, 2.05) is 0 Å². The summed E-state index contributed by atoms with van der Waals surface area (Å²) in [6.45, 7) is 3.35. The maximum Gasteiger partial charge on any atom is 0.0485 e. The molecule has 28 valence electrons. The van der Waals surface area contributed by atoms with Crippen LogP contribution in [0.15, 0.2) is 17.3 Å². The van der Waals surface area contributed by atoms with Crippen LogP contribution in [0, 0.1) is 5.53 Å². The van der Waals surface area contributed by atoms with E-state index in [1.54, 1.807) is 5.82 Å². The maximum atomic E-state index is 6.17. The highest BCUT2D eigenvalue weighted by Crippen LogP contribution is 2.08. The van der Waals surface area contributed by atoms with Crippen LogP contribution >= 0.6 is 8.73 Å². The van der Waals surface area contributed by atoms with Crippen molar-refractivity contribution in [3.8, 4) is 0 Å². The van der Waals surface area contributed by atoms with Crippen molar-refractivity contribution >= 4 is 8.73 Å².